The number of aromatic nitrogens is 2. The number of rotatable bonds is 6. The molecular weight excluding hydrogens is 374 g/mol. The maximum atomic E-state index is 12.7. The highest BCUT2D eigenvalue weighted by Crippen LogP contribution is 2.37. The molecule has 1 aliphatic rings. The van der Waals surface area contributed by atoms with Gasteiger partial charge < -0.3 is 14.7 Å². The number of thiophene rings is 1. The molecule has 1 aliphatic carbocycles. The van der Waals surface area contributed by atoms with Crippen molar-refractivity contribution in [3.8, 4) is 0 Å². The maximum Gasteiger partial charge on any atom is 0.348 e. The lowest BCUT2D eigenvalue weighted by molar-refractivity contribution is 0.0216. The van der Waals surface area contributed by atoms with Gasteiger partial charge >= 0.3 is 5.97 Å². The van der Waals surface area contributed by atoms with E-state index in [4.69, 9.17) is 16.3 Å². The normalized spacial score (nSPS) is 15.4. The summed E-state index contributed by atoms with van der Waals surface area (Å²) in [5, 5.41) is 10.3. The van der Waals surface area contributed by atoms with Gasteiger partial charge in [-0.3, -0.25) is 0 Å². The van der Waals surface area contributed by atoms with Crippen molar-refractivity contribution in [2.24, 2.45) is 0 Å². The zero-order valence-corrected chi connectivity index (χ0v) is 16.7. The van der Waals surface area contributed by atoms with Gasteiger partial charge in [-0.05, 0) is 56.7 Å². The molecule has 0 unspecified atom stereocenters. The zero-order chi connectivity index (χ0) is 18.7. The number of halogens is 1. The van der Waals surface area contributed by atoms with Gasteiger partial charge in [0, 0.05) is 13.1 Å². The van der Waals surface area contributed by atoms with E-state index in [0.717, 1.165) is 36.6 Å². The Morgan fingerprint density at radius 2 is 2.08 bits per heavy atom. The molecule has 0 aliphatic heterocycles. The lowest BCUT2D eigenvalue weighted by Gasteiger charge is -2.22. The van der Waals surface area contributed by atoms with Crippen LogP contribution in [0.3, 0.4) is 0 Å². The average molecular weight is 398 g/mol. The molecule has 8 heteroatoms. The Labute approximate surface area is 162 Å². The first-order valence-electron chi connectivity index (χ1n) is 9.08. The van der Waals surface area contributed by atoms with Crippen LogP contribution in [0.25, 0.3) is 10.2 Å². The Morgan fingerprint density at radius 3 is 2.73 bits per heavy atom. The first-order chi connectivity index (χ1) is 12.5. The molecule has 0 saturated heterocycles. The molecule has 0 radical (unpaired) electrons. The van der Waals surface area contributed by atoms with Crippen molar-refractivity contribution in [2.75, 3.05) is 24.6 Å². The number of aryl methyl sites for hydroxylation is 1. The molecule has 0 amide bonds. The number of esters is 1. The largest absolute Gasteiger partial charge is 0.458 e. The monoisotopic (exact) mass is 397 g/mol. The van der Waals surface area contributed by atoms with Gasteiger partial charge in [-0.2, -0.15) is 4.98 Å². The molecular formula is C18H24ClN3O3S. The van der Waals surface area contributed by atoms with Crippen LogP contribution in [0, 0.1) is 6.92 Å². The van der Waals surface area contributed by atoms with E-state index in [0.29, 0.717) is 28.6 Å². The van der Waals surface area contributed by atoms with Gasteiger partial charge in [-0.25, -0.2) is 9.78 Å². The number of likely N-dealkylation sites (N-methyl/N-ethyl adjacent to an activating group) is 1. The number of hydrogen-bond acceptors (Lipinski definition) is 7. The van der Waals surface area contributed by atoms with Crippen LogP contribution in [-0.2, 0) is 4.74 Å². The highest BCUT2D eigenvalue weighted by atomic mass is 35.5. The summed E-state index contributed by atoms with van der Waals surface area (Å²) in [5.41, 5.74) is 0.814. The minimum absolute atomic E-state index is 0.0106. The fraction of sp³-hybridized carbons (Fsp3) is 0.611. The van der Waals surface area contributed by atoms with E-state index in [1.807, 2.05) is 18.7 Å². The van der Waals surface area contributed by atoms with Crippen molar-refractivity contribution in [3.05, 3.63) is 15.7 Å². The molecule has 2 aromatic heterocycles. The van der Waals surface area contributed by atoms with Crippen molar-refractivity contribution >= 4 is 44.9 Å². The fourth-order valence-corrected chi connectivity index (χ4v) is 4.71. The summed E-state index contributed by atoms with van der Waals surface area (Å²) in [7, 11) is 0. The Balaban J connectivity index is 1.97. The summed E-state index contributed by atoms with van der Waals surface area (Å²) in [4.78, 5) is 24.5. The molecule has 0 spiro atoms. The molecule has 1 N–H and O–H groups in total. The van der Waals surface area contributed by atoms with Crippen molar-refractivity contribution in [2.45, 2.75) is 52.1 Å². The predicted octanol–water partition coefficient (Wildman–Crippen LogP) is 3.96. The number of carbonyl (C=O) groups excluding carboxylic acids is 1. The molecule has 142 valence electrons. The smallest absolute Gasteiger partial charge is 0.348 e. The maximum absolute atomic E-state index is 12.7. The Bertz CT molecular complexity index is 790. The van der Waals surface area contributed by atoms with Gasteiger partial charge in [0.15, 0.2) is 0 Å². The number of hydrogen-bond donors (Lipinski definition) is 1. The second-order valence-electron chi connectivity index (χ2n) is 6.52. The number of ether oxygens (including phenoxy) is 1. The molecule has 0 atom stereocenters. The lowest BCUT2D eigenvalue weighted by Crippen LogP contribution is -2.27. The summed E-state index contributed by atoms with van der Waals surface area (Å²) < 4.78 is 5.73. The standard InChI is InChI=1S/C18H24ClN3O3S/c1-3-22(9-10-23)15-13-11(2)14(26-16(13)21-18(19)20-15)17(24)25-12-7-5-4-6-8-12/h12,23H,3-10H2,1-2H3. The molecule has 3 rings (SSSR count). The summed E-state index contributed by atoms with van der Waals surface area (Å²) >= 11 is 7.40. The topological polar surface area (TPSA) is 75.5 Å². The quantitative estimate of drug-likeness (QED) is 0.587. The van der Waals surface area contributed by atoms with Gasteiger partial charge in [0.05, 0.1) is 12.0 Å². The number of nitrogens with zero attached hydrogens (tertiary/aromatic N) is 3. The number of aliphatic hydroxyl groups is 1. The first kappa shape index (κ1) is 19.3. The third-order valence-electron chi connectivity index (χ3n) is 4.81. The second kappa shape index (κ2) is 8.50. The Hall–Kier alpha value is -1.44. The van der Waals surface area contributed by atoms with Crippen LogP contribution in [0.5, 0.6) is 0 Å². The van der Waals surface area contributed by atoms with Gasteiger partial charge in [0.1, 0.15) is 21.6 Å². The van der Waals surface area contributed by atoms with Crippen molar-refractivity contribution in [3.63, 3.8) is 0 Å². The van der Waals surface area contributed by atoms with Crippen molar-refractivity contribution < 1.29 is 14.6 Å². The Morgan fingerprint density at radius 1 is 1.35 bits per heavy atom. The number of carbonyl (C=O) groups is 1. The minimum atomic E-state index is -0.287. The van der Waals surface area contributed by atoms with Crippen LogP contribution in [0.4, 0.5) is 5.82 Å². The SMILES string of the molecule is CCN(CCO)c1nc(Cl)nc2sc(C(=O)OC3CCCCC3)c(C)c12. The molecule has 6 nitrogen and oxygen atoms in total. The number of anilines is 1. The molecule has 0 bridgehead atoms. The van der Waals surface area contributed by atoms with E-state index >= 15 is 0 Å². The first-order valence-corrected chi connectivity index (χ1v) is 10.3. The van der Waals surface area contributed by atoms with Crippen LogP contribution in [0.1, 0.15) is 54.3 Å². The van der Waals surface area contributed by atoms with Gasteiger partial charge in [-0.1, -0.05) is 6.42 Å². The van der Waals surface area contributed by atoms with E-state index in [2.05, 4.69) is 9.97 Å². The third-order valence-corrected chi connectivity index (χ3v) is 6.14. The van der Waals surface area contributed by atoms with E-state index in [-0.39, 0.29) is 24.0 Å². The summed E-state index contributed by atoms with van der Waals surface area (Å²) in [6, 6.07) is 0. The average Bonchev–Trinajstić information content (AvgIpc) is 2.96. The van der Waals surface area contributed by atoms with Gasteiger partial charge in [-0.15, -0.1) is 11.3 Å². The van der Waals surface area contributed by atoms with Crippen LogP contribution in [-0.4, -0.2) is 46.8 Å². The summed E-state index contributed by atoms with van der Waals surface area (Å²) in [6.07, 6.45) is 5.32. The Kier molecular flexibility index (Phi) is 6.32. The van der Waals surface area contributed by atoms with Crippen LogP contribution >= 0.6 is 22.9 Å². The zero-order valence-electron chi connectivity index (χ0n) is 15.1. The molecule has 2 heterocycles. The van der Waals surface area contributed by atoms with Crippen molar-refractivity contribution in [1.29, 1.82) is 0 Å². The van der Waals surface area contributed by atoms with E-state index in [1.165, 1.54) is 17.8 Å². The summed E-state index contributed by atoms with van der Waals surface area (Å²) in [6.45, 7) is 4.99. The molecule has 2 aromatic rings. The van der Waals surface area contributed by atoms with Gasteiger partial charge in [0.2, 0.25) is 5.28 Å². The molecule has 1 saturated carbocycles. The highest BCUT2D eigenvalue weighted by Gasteiger charge is 2.25. The number of aliphatic hydroxyl groups excluding tert-OH is 1. The van der Waals surface area contributed by atoms with E-state index < -0.39 is 0 Å². The van der Waals surface area contributed by atoms with Crippen molar-refractivity contribution in [1.82, 2.24) is 9.97 Å². The molecule has 0 aromatic carbocycles. The van der Waals surface area contributed by atoms with E-state index in [1.54, 1.807) is 0 Å². The van der Waals surface area contributed by atoms with Gasteiger partial charge in [0.25, 0.3) is 0 Å². The van der Waals surface area contributed by atoms with Crippen LogP contribution in [0.15, 0.2) is 0 Å². The van der Waals surface area contributed by atoms with E-state index in [9.17, 15) is 9.90 Å². The summed E-state index contributed by atoms with van der Waals surface area (Å²) in [5.74, 6) is 0.367. The van der Waals surface area contributed by atoms with Crippen LogP contribution in [0.2, 0.25) is 5.28 Å². The predicted molar refractivity (Wildman–Crippen MR) is 104 cm³/mol. The third kappa shape index (κ3) is 3.94. The molecule has 26 heavy (non-hydrogen) atoms. The minimum Gasteiger partial charge on any atom is -0.458 e. The molecule has 1 fully saturated rings. The van der Waals surface area contributed by atoms with Crippen LogP contribution < -0.4 is 4.90 Å². The fourth-order valence-electron chi connectivity index (χ4n) is 3.44. The highest BCUT2D eigenvalue weighted by molar-refractivity contribution is 7.20. The lowest BCUT2D eigenvalue weighted by atomic mass is 9.98. The number of fused-ring (bicyclic) bond motifs is 1. The second-order valence-corrected chi connectivity index (χ2v) is 7.86.